The lowest BCUT2D eigenvalue weighted by Crippen LogP contribution is -2.55. The van der Waals surface area contributed by atoms with E-state index >= 15 is 0 Å². The maximum Gasteiger partial charge on any atom is 0.196 e. The summed E-state index contributed by atoms with van der Waals surface area (Å²) in [4.78, 5) is 12.2. The van der Waals surface area contributed by atoms with Gasteiger partial charge in [0.05, 0.1) is 12.2 Å². The molecule has 1 saturated heterocycles. The van der Waals surface area contributed by atoms with Crippen LogP contribution < -0.4 is 5.43 Å². The van der Waals surface area contributed by atoms with Gasteiger partial charge >= 0.3 is 0 Å². The molecule has 2 aromatic rings. The lowest BCUT2D eigenvalue weighted by molar-refractivity contribution is -0.231. The minimum Gasteiger partial charge on any atom is -0.507 e. The summed E-state index contributed by atoms with van der Waals surface area (Å²) in [5, 5.41) is 59.3. The van der Waals surface area contributed by atoms with Crippen LogP contribution in [0.1, 0.15) is 17.4 Å². The number of hydrogen-bond donors (Lipinski definition) is 6. The van der Waals surface area contributed by atoms with Gasteiger partial charge in [0, 0.05) is 12.1 Å². The van der Waals surface area contributed by atoms with Gasteiger partial charge in [-0.25, -0.2) is 0 Å². The van der Waals surface area contributed by atoms with Gasteiger partial charge in [0.1, 0.15) is 53.2 Å². The molecular weight excluding hydrogens is 336 g/mol. The Kier molecular flexibility index (Phi) is 4.43. The van der Waals surface area contributed by atoms with E-state index in [9.17, 15) is 35.4 Å². The van der Waals surface area contributed by atoms with E-state index in [1.165, 1.54) is 6.92 Å². The third kappa shape index (κ3) is 2.75. The van der Waals surface area contributed by atoms with E-state index in [0.717, 1.165) is 12.1 Å². The summed E-state index contributed by atoms with van der Waals surface area (Å²) >= 11 is 0. The topological polar surface area (TPSA) is 161 Å². The Morgan fingerprint density at radius 3 is 2.36 bits per heavy atom. The predicted molar refractivity (Wildman–Crippen MR) is 83.3 cm³/mol. The Bertz CT molecular complexity index is 857. The van der Waals surface area contributed by atoms with Crippen molar-refractivity contribution >= 4 is 11.0 Å². The molecule has 5 atom stereocenters. The largest absolute Gasteiger partial charge is 0.507 e. The molecule has 2 heterocycles. The van der Waals surface area contributed by atoms with Gasteiger partial charge in [-0.2, -0.15) is 0 Å². The van der Waals surface area contributed by atoms with Crippen molar-refractivity contribution < 1.29 is 39.8 Å². The first-order chi connectivity index (χ1) is 11.8. The molecule has 9 heteroatoms. The van der Waals surface area contributed by atoms with Crippen LogP contribution in [-0.2, 0) is 4.74 Å². The minimum absolute atomic E-state index is 0.175. The first-order valence-corrected chi connectivity index (χ1v) is 7.56. The lowest BCUT2D eigenvalue weighted by Gasteiger charge is -2.40. The number of ether oxygens (including phenoxy) is 1. The van der Waals surface area contributed by atoms with Crippen molar-refractivity contribution in [1.82, 2.24) is 0 Å². The number of aryl methyl sites for hydroxylation is 1. The summed E-state index contributed by atoms with van der Waals surface area (Å²) in [6, 6.07) is 2.04. The van der Waals surface area contributed by atoms with Crippen molar-refractivity contribution in [1.29, 1.82) is 0 Å². The van der Waals surface area contributed by atoms with E-state index in [2.05, 4.69) is 0 Å². The molecule has 3 rings (SSSR count). The molecule has 1 aromatic carbocycles. The Hall–Kier alpha value is -2.17. The molecular formula is C16H18O9. The van der Waals surface area contributed by atoms with Crippen LogP contribution in [-0.4, -0.2) is 61.7 Å². The quantitative estimate of drug-likeness (QED) is 0.398. The van der Waals surface area contributed by atoms with Gasteiger partial charge in [-0.3, -0.25) is 4.79 Å². The standard InChI is InChI=1S/C16H18O9/c1-5-2-6(18)10-7(19)3-8(20)11(15(10)24-5)16-14(23)13(22)12(21)9(4-17)25-16/h2-3,9,12-14,16-17,19-23H,4H2,1H3. The number of aliphatic hydroxyl groups excluding tert-OH is 4. The fraction of sp³-hybridized carbons (Fsp3) is 0.438. The van der Waals surface area contributed by atoms with Crippen LogP contribution in [0, 0.1) is 6.92 Å². The number of benzene rings is 1. The smallest absolute Gasteiger partial charge is 0.196 e. The highest BCUT2D eigenvalue weighted by atomic mass is 16.5. The zero-order chi connectivity index (χ0) is 18.5. The Morgan fingerprint density at radius 2 is 1.72 bits per heavy atom. The van der Waals surface area contributed by atoms with Crippen LogP contribution in [0.2, 0.25) is 0 Å². The van der Waals surface area contributed by atoms with Gasteiger partial charge in [-0.1, -0.05) is 0 Å². The first-order valence-electron chi connectivity index (χ1n) is 7.56. The lowest BCUT2D eigenvalue weighted by atomic mass is 9.90. The zero-order valence-corrected chi connectivity index (χ0v) is 13.2. The van der Waals surface area contributed by atoms with E-state index in [-0.39, 0.29) is 22.3 Å². The normalized spacial score (nSPS) is 29.9. The van der Waals surface area contributed by atoms with Crippen LogP contribution in [0.25, 0.3) is 11.0 Å². The zero-order valence-electron chi connectivity index (χ0n) is 13.2. The number of phenolic OH excluding ortho intramolecular Hbond substituents is 2. The molecule has 0 aliphatic carbocycles. The summed E-state index contributed by atoms with van der Waals surface area (Å²) in [5.41, 5.74) is -0.959. The maximum absolute atomic E-state index is 12.2. The molecule has 0 radical (unpaired) electrons. The van der Waals surface area contributed by atoms with Crippen molar-refractivity contribution in [2.75, 3.05) is 6.61 Å². The van der Waals surface area contributed by atoms with Crippen LogP contribution in [0.3, 0.4) is 0 Å². The molecule has 0 bridgehead atoms. The van der Waals surface area contributed by atoms with Gasteiger partial charge in [-0.15, -0.1) is 0 Å². The van der Waals surface area contributed by atoms with Crippen molar-refractivity contribution in [3.63, 3.8) is 0 Å². The van der Waals surface area contributed by atoms with Gasteiger partial charge in [0.25, 0.3) is 0 Å². The Labute approximate surface area is 141 Å². The van der Waals surface area contributed by atoms with Crippen LogP contribution in [0.4, 0.5) is 0 Å². The minimum atomic E-state index is -1.68. The molecule has 5 unspecified atom stereocenters. The van der Waals surface area contributed by atoms with E-state index in [1.54, 1.807) is 0 Å². The number of rotatable bonds is 2. The van der Waals surface area contributed by atoms with Crippen LogP contribution in [0.15, 0.2) is 21.3 Å². The van der Waals surface area contributed by atoms with E-state index in [4.69, 9.17) is 9.15 Å². The highest BCUT2D eigenvalue weighted by molar-refractivity contribution is 5.88. The molecule has 1 fully saturated rings. The molecule has 9 nitrogen and oxygen atoms in total. The van der Waals surface area contributed by atoms with Gasteiger partial charge in [0.2, 0.25) is 0 Å². The van der Waals surface area contributed by atoms with Gasteiger partial charge in [-0.05, 0) is 6.92 Å². The molecule has 0 amide bonds. The number of aromatic hydroxyl groups is 2. The summed E-state index contributed by atoms with van der Waals surface area (Å²) in [6.45, 7) is 0.834. The fourth-order valence-corrected chi connectivity index (χ4v) is 3.05. The number of fused-ring (bicyclic) bond motifs is 1. The van der Waals surface area contributed by atoms with Crippen molar-refractivity contribution in [2.24, 2.45) is 0 Å². The second-order valence-corrected chi connectivity index (χ2v) is 6.00. The summed E-state index contributed by atoms with van der Waals surface area (Å²) in [6.07, 6.45) is -7.54. The summed E-state index contributed by atoms with van der Waals surface area (Å²) in [7, 11) is 0. The second kappa shape index (κ2) is 6.28. The van der Waals surface area contributed by atoms with Gasteiger partial charge < -0.3 is 39.8 Å². The summed E-state index contributed by atoms with van der Waals surface area (Å²) in [5.74, 6) is -0.869. The van der Waals surface area contributed by atoms with Crippen molar-refractivity contribution in [2.45, 2.75) is 37.4 Å². The predicted octanol–water partition coefficient (Wildman–Crippen LogP) is -0.972. The van der Waals surface area contributed by atoms with E-state index in [1.807, 2.05) is 0 Å². The monoisotopic (exact) mass is 354 g/mol. The molecule has 1 aromatic heterocycles. The van der Waals surface area contributed by atoms with Gasteiger partial charge in [0.15, 0.2) is 11.0 Å². The molecule has 0 spiro atoms. The van der Waals surface area contributed by atoms with E-state index < -0.39 is 54.1 Å². The number of phenols is 2. The average Bonchev–Trinajstić information content (AvgIpc) is 2.53. The molecule has 1 aliphatic heterocycles. The molecule has 25 heavy (non-hydrogen) atoms. The first kappa shape index (κ1) is 17.6. The molecule has 0 saturated carbocycles. The molecule has 1 aliphatic rings. The number of hydrogen-bond acceptors (Lipinski definition) is 9. The third-order valence-electron chi connectivity index (χ3n) is 4.30. The maximum atomic E-state index is 12.2. The Balaban J connectivity index is 2.26. The Morgan fingerprint density at radius 1 is 1.04 bits per heavy atom. The van der Waals surface area contributed by atoms with Crippen LogP contribution >= 0.6 is 0 Å². The van der Waals surface area contributed by atoms with Crippen molar-refractivity contribution in [3.05, 3.63) is 33.7 Å². The second-order valence-electron chi connectivity index (χ2n) is 6.00. The highest BCUT2D eigenvalue weighted by Gasteiger charge is 2.46. The number of aliphatic hydroxyl groups is 4. The highest BCUT2D eigenvalue weighted by Crippen LogP contribution is 2.42. The average molecular weight is 354 g/mol. The van der Waals surface area contributed by atoms with Crippen molar-refractivity contribution in [3.8, 4) is 11.5 Å². The SMILES string of the molecule is Cc1cc(=O)c2c(O)cc(O)c(C3OC(CO)C(O)C(O)C3O)c2o1. The molecule has 6 N–H and O–H groups in total. The molecule has 136 valence electrons. The fourth-order valence-electron chi connectivity index (χ4n) is 3.05. The summed E-state index contributed by atoms with van der Waals surface area (Å²) < 4.78 is 10.9. The third-order valence-corrected chi connectivity index (χ3v) is 4.30. The van der Waals surface area contributed by atoms with Crippen LogP contribution in [0.5, 0.6) is 11.5 Å². The van der Waals surface area contributed by atoms with E-state index in [0.29, 0.717) is 0 Å².